The van der Waals surface area contributed by atoms with Gasteiger partial charge in [0.2, 0.25) is 0 Å². The summed E-state index contributed by atoms with van der Waals surface area (Å²) < 4.78 is 19.0. The quantitative estimate of drug-likeness (QED) is 0.311. The normalized spacial score (nSPS) is 12.4. The Labute approximate surface area is 174 Å². The van der Waals surface area contributed by atoms with Gasteiger partial charge in [0, 0.05) is 17.7 Å². The van der Waals surface area contributed by atoms with Crippen LogP contribution in [-0.4, -0.2) is 15.7 Å². The van der Waals surface area contributed by atoms with E-state index < -0.39 is 11.2 Å². The van der Waals surface area contributed by atoms with E-state index in [-0.39, 0.29) is 18.1 Å². The maximum Gasteiger partial charge on any atom is 0.336 e. The van der Waals surface area contributed by atoms with Crippen LogP contribution >= 0.6 is 0 Å². The largest absolute Gasteiger partial charge is 0.423 e. The molecule has 0 saturated carbocycles. The van der Waals surface area contributed by atoms with Crippen LogP contribution in [0.25, 0.3) is 22.1 Å². The summed E-state index contributed by atoms with van der Waals surface area (Å²) in [5.74, 6) is 5.67. The van der Waals surface area contributed by atoms with Crippen LogP contribution in [0, 0.1) is 5.82 Å². The van der Waals surface area contributed by atoms with Gasteiger partial charge in [0.05, 0.1) is 12.2 Å². The average molecular weight is 411 g/mol. The number of hydrogen-bond acceptors (Lipinski definition) is 6. The van der Waals surface area contributed by atoms with E-state index in [1.165, 1.54) is 29.4 Å². The average Bonchev–Trinajstić information content (AvgIpc) is 2.72. The monoisotopic (exact) mass is 411 g/mol. The molecule has 158 valence electrons. The van der Waals surface area contributed by atoms with Crippen LogP contribution in [0.5, 0.6) is 0 Å². The van der Waals surface area contributed by atoms with Crippen LogP contribution in [0.4, 0.5) is 4.39 Å². The number of hydrazine groups is 1. The third-order valence-corrected chi connectivity index (χ3v) is 5.32. The summed E-state index contributed by atoms with van der Waals surface area (Å²) in [6, 6.07) is 12.8. The van der Waals surface area contributed by atoms with Gasteiger partial charge in [0.25, 0.3) is 0 Å². The molecule has 0 saturated heterocycles. The van der Waals surface area contributed by atoms with Crippen molar-refractivity contribution in [3.05, 3.63) is 82.2 Å². The third kappa shape index (κ3) is 4.53. The van der Waals surface area contributed by atoms with E-state index in [0.29, 0.717) is 34.9 Å². The predicted molar refractivity (Wildman–Crippen MR) is 115 cm³/mol. The highest BCUT2D eigenvalue weighted by molar-refractivity contribution is 5.93. The van der Waals surface area contributed by atoms with Gasteiger partial charge >= 0.3 is 5.63 Å². The maximum atomic E-state index is 13.6. The Morgan fingerprint density at radius 3 is 2.60 bits per heavy atom. The Bertz CT molecular complexity index is 1140. The van der Waals surface area contributed by atoms with Crippen LogP contribution in [0.1, 0.15) is 32.3 Å². The molecule has 0 fully saturated rings. The second-order valence-electron chi connectivity index (χ2n) is 7.32. The molecule has 1 heterocycles. The number of hydrogen-bond donors (Lipinski definition) is 3. The zero-order valence-corrected chi connectivity index (χ0v) is 17.1. The zero-order chi connectivity index (χ0) is 21.9. The summed E-state index contributed by atoms with van der Waals surface area (Å²) in [6.45, 7) is 3.99. The highest BCUT2D eigenvalue weighted by Crippen LogP contribution is 2.28. The van der Waals surface area contributed by atoms with Crippen molar-refractivity contribution in [1.82, 2.24) is 5.01 Å². The molecule has 30 heavy (non-hydrogen) atoms. The Balaban J connectivity index is 1.94. The molecule has 0 aliphatic heterocycles. The zero-order valence-electron chi connectivity index (χ0n) is 17.1. The molecule has 0 aliphatic carbocycles. The van der Waals surface area contributed by atoms with Gasteiger partial charge in [-0.3, -0.25) is 0 Å². The van der Waals surface area contributed by atoms with Crippen molar-refractivity contribution < 1.29 is 13.9 Å². The first-order valence-corrected chi connectivity index (χ1v) is 9.80. The lowest BCUT2D eigenvalue weighted by molar-refractivity contribution is 0.0663. The van der Waals surface area contributed by atoms with Gasteiger partial charge in [-0.25, -0.2) is 15.0 Å². The molecule has 5 N–H and O–H groups in total. The van der Waals surface area contributed by atoms with Crippen molar-refractivity contribution in [3.8, 4) is 11.1 Å². The molecule has 0 amide bonds. The van der Waals surface area contributed by atoms with Gasteiger partial charge in [-0.05, 0) is 47.7 Å². The van der Waals surface area contributed by atoms with Gasteiger partial charge in [0.15, 0.2) is 0 Å². The summed E-state index contributed by atoms with van der Waals surface area (Å²) in [6.07, 6.45) is 2.46. The molecule has 6 nitrogen and oxygen atoms in total. The first-order valence-electron chi connectivity index (χ1n) is 9.80. The predicted octanol–water partition coefficient (Wildman–Crippen LogP) is 3.63. The molecular formula is C23H26FN3O3. The lowest BCUT2D eigenvalue weighted by Gasteiger charge is -2.27. The van der Waals surface area contributed by atoms with E-state index in [1.807, 2.05) is 26.0 Å². The fourth-order valence-electron chi connectivity index (χ4n) is 3.41. The lowest BCUT2D eigenvalue weighted by atomic mass is 9.94. The molecule has 0 radical (unpaired) electrons. The molecule has 0 spiro atoms. The van der Waals surface area contributed by atoms with Crippen LogP contribution in [0.3, 0.4) is 0 Å². The number of benzene rings is 2. The maximum absolute atomic E-state index is 13.6. The second kappa shape index (κ2) is 8.69. The lowest BCUT2D eigenvalue weighted by Crippen LogP contribution is -2.37. The van der Waals surface area contributed by atoms with Crippen molar-refractivity contribution in [2.75, 3.05) is 0 Å². The van der Waals surface area contributed by atoms with Crippen molar-refractivity contribution >= 4 is 11.0 Å². The molecule has 7 heteroatoms. The van der Waals surface area contributed by atoms with Gasteiger partial charge in [0.1, 0.15) is 17.0 Å². The third-order valence-electron chi connectivity index (χ3n) is 5.32. The number of nitrogens with zero attached hydrogens (tertiary/aromatic N) is 1. The molecule has 3 aromatic rings. The van der Waals surface area contributed by atoms with E-state index in [0.717, 1.165) is 5.56 Å². The van der Waals surface area contributed by atoms with E-state index in [1.54, 1.807) is 18.2 Å². The van der Waals surface area contributed by atoms with E-state index in [2.05, 4.69) is 0 Å². The Morgan fingerprint density at radius 2 is 1.93 bits per heavy atom. The van der Waals surface area contributed by atoms with E-state index in [4.69, 9.17) is 16.0 Å². The molecule has 1 aromatic heterocycles. The fourth-order valence-corrected chi connectivity index (χ4v) is 3.41. The highest BCUT2D eigenvalue weighted by Gasteiger charge is 2.25. The van der Waals surface area contributed by atoms with Crippen molar-refractivity contribution in [2.24, 2.45) is 11.6 Å². The van der Waals surface area contributed by atoms with Crippen LogP contribution < -0.4 is 17.2 Å². The standard InChI is InChI=1S/C23H26FN3O3/c1-3-23(29,4-2)21(25)14-27(26)13-15-8-9-18-19(12-22(28)30-20(18)10-15)16-6-5-7-17(24)11-16/h5-12,14,29H,3-4,13,25-26H2,1-2H3/b21-14-. The number of halogens is 1. The molecule has 2 aromatic carbocycles. The van der Waals surface area contributed by atoms with E-state index >= 15 is 0 Å². The van der Waals surface area contributed by atoms with Gasteiger partial charge in [-0.15, -0.1) is 0 Å². The smallest absolute Gasteiger partial charge is 0.336 e. The minimum Gasteiger partial charge on any atom is -0.423 e. The molecule has 0 atom stereocenters. The highest BCUT2D eigenvalue weighted by atomic mass is 19.1. The molecule has 0 unspecified atom stereocenters. The summed E-state index contributed by atoms with van der Waals surface area (Å²) in [5, 5.41) is 12.6. The molecular weight excluding hydrogens is 385 g/mol. The number of aliphatic hydroxyl groups is 1. The van der Waals surface area contributed by atoms with Gasteiger partial charge in [-0.2, -0.15) is 0 Å². The molecule has 0 bridgehead atoms. The Hall–Kier alpha value is -3.16. The second-order valence-corrected chi connectivity index (χ2v) is 7.32. The van der Waals surface area contributed by atoms with Crippen LogP contribution in [0.2, 0.25) is 0 Å². The van der Waals surface area contributed by atoms with Crippen LogP contribution in [-0.2, 0) is 6.54 Å². The minimum atomic E-state index is -1.10. The Morgan fingerprint density at radius 1 is 1.20 bits per heavy atom. The minimum absolute atomic E-state index is 0.286. The first kappa shape index (κ1) is 21.5. The fraction of sp³-hybridized carbons (Fsp3) is 0.261. The number of rotatable bonds is 7. The summed E-state index contributed by atoms with van der Waals surface area (Å²) in [4.78, 5) is 12.1. The van der Waals surface area contributed by atoms with E-state index in [9.17, 15) is 14.3 Å². The van der Waals surface area contributed by atoms with Gasteiger partial charge in [-0.1, -0.05) is 38.1 Å². The van der Waals surface area contributed by atoms with Crippen molar-refractivity contribution in [3.63, 3.8) is 0 Å². The van der Waals surface area contributed by atoms with Crippen LogP contribution in [0.15, 0.2) is 69.6 Å². The topological polar surface area (TPSA) is 106 Å². The summed E-state index contributed by atoms with van der Waals surface area (Å²) in [7, 11) is 0. The van der Waals surface area contributed by atoms with Gasteiger partial charge < -0.3 is 20.3 Å². The SMILES string of the molecule is CCC(O)(CC)/C(N)=C/N(N)Cc1ccc2c(-c3cccc(F)c3)cc(=O)oc2c1. The Kier molecular flexibility index (Phi) is 6.24. The van der Waals surface area contributed by atoms with Crippen molar-refractivity contribution in [1.29, 1.82) is 0 Å². The van der Waals surface area contributed by atoms with Crippen molar-refractivity contribution in [2.45, 2.75) is 38.8 Å². The summed E-state index contributed by atoms with van der Waals surface area (Å²) in [5.41, 5.74) is 7.04. The molecule has 0 aliphatic rings. The summed E-state index contributed by atoms with van der Waals surface area (Å²) >= 11 is 0. The number of nitrogens with two attached hydrogens (primary N) is 2. The molecule has 3 rings (SSSR count). The number of fused-ring (bicyclic) bond motifs is 1. The first-order chi connectivity index (χ1) is 14.3.